The van der Waals surface area contributed by atoms with Gasteiger partial charge in [-0.25, -0.2) is 14.9 Å². The lowest BCUT2D eigenvalue weighted by molar-refractivity contribution is 0.0706. The van der Waals surface area contributed by atoms with Crippen LogP contribution >= 0.6 is 0 Å². The maximum atomic E-state index is 14.4. The normalized spacial score (nSPS) is 11.8. The largest absolute Gasteiger partial charge is 0.324 e. The van der Waals surface area contributed by atoms with E-state index in [-0.39, 0.29) is 11.0 Å². The monoisotopic (exact) mass is 355 g/mol. The third-order valence-electron chi connectivity index (χ3n) is 4.55. The summed E-state index contributed by atoms with van der Waals surface area (Å²) in [4.78, 5) is 16.0. The lowest BCUT2D eigenvalue weighted by Crippen LogP contribution is -2.19. The summed E-state index contributed by atoms with van der Waals surface area (Å²) < 4.78 is 16.3. The van der Waals surface area contributed by atoms with Gasteiger partial charge < -0.3 is 4.57 Å². The quantitative estimate of drug-likeness (QED) is 0.552. The summed E-state index contributed by atoms with van der Waals surface area (Å²) in [6.45, 7) is 8.65. The van der Waals surface area contributed by atoms with Gasteiger partial charge in [-0.2, -0.15) is 0 Å². The Morgan fingerprint density at radius 2 is 1.96 bits per heavy atom. The van der Waals surface area contributed by atoms with Gasteiger partial charge in [0.05, 0.1) is 17.6 Å². The van der Waals surface area contributed by atoms with Crippen molar-refractivity contribution >= 4 is 16.9 Å². The van der Waals surface area contributed by atoms with E-state index >= 15 is 0 Å². The number of amides is 1. The predicted octanol–water partition coefficient (Wildman–Crippen LogP) is 3.95. The molecule has 0 unspecified atom stereocenters. The minimum absolute atomic E-state index is 0.0289. The molecule has 0 spiro atoms. The SMILES string of the molecule is Cc1nc2cc(C(C)(C)C)ccc2n1Cc1ccc(C(=O)NO)cc1F. The van der Waals surface area contributed by atoms with Gasteiger partial charge in [0.1, 0.15) is 11.6 Å². The van der Waals surface area contributed by atoms with Crippen molar-refractivity contribution < 1.29 is 14.4 Å². The van der Waals surface area contributed by atoms with Crippen molar-refractivity contribution in [2.45, 2.75) is 39.7 Å². The number of aromatic nitrogens is 2. The first kappa shape index (κ1) is 18.1. The number of hydrogen-bond acceptors (Lipinski definition) is 3. The maximum absolute atomic E-state index is 14.4. The first-order valence-corrected chi connectivity index (χ1v) is 8.41. The van der Waals surface area contributed by atoms with Crippen LogP contribution in [-0.4, -0.2) is 20.7 Å². The molecule has 1 heterocycles. The molecule has 0 bridgehead atoms. The summed E-state index contributed by atoms with van der Waals surface area (Å²) in [5.74, 6) is -0.448. The van der Waals surface area contributed by atoms with Crippen molar-refractivity contribution in [2.75, 3.05) is 0 Å². The van der Waals surface area contributed by atoms with Crippen LogP contribution in [0, 0.1) is 12.7 Å². The van der Waals surface area contributed by atoms with Gasteiger partial charge in [-0.05, 0) is 42.2 Å². The summed E-state index contributed by atoms with van der Waals surface area (Å²) in [5.41, 5.74) is 5.06. The second kappa shape index (κ2) is 6.53. The van der Waals surface area contributed by atoms with Gasteiger partial charge in [-0.1, -0.05) is 32.9 Å². The molecular weight excluding hydrogens is 333 g/mol. The van der Waals surface area contributed by atoms with Gasteiger partial charge in [-0.15, -0.1) is 0 Å². The van der Waals surface area contributed by atoms with E-state index < -0.39 is 11.7 Å². The number of halogens is 1. The predicted molar refractivity (Wildman–Crippen MR) is 97.9 cm³/mol. The standard InChI is InChI=1S/C20H22FN3O2/c1-12-22-17-10-15(20(2,3)4)7-8-18(17)24(12)11-14-6-5-13(9-16(14)21)19(25)23-26/h5-10,26H,11H2,1-4H3,(H,23,25). The number of nitrogens with one attached hydrogen (secondary N) is 1. The first-order valence-electron chi connectivity index (χ1n) is 8.41. The van der Waals surface area contributed by atoms with Crippen molar-refractivity contribution in [3.63, 3.8) is 0 Å². The van der Waals surface area contributed by atoms with Gasteiger partial charge in [0.15, 0.2) is 0 Å². The molecule has 1 amide bonds. The van der Waals surface area contributed by atoms with E-state index in [9.17, 15) is 9.18 Å². The van der Waals surface area contributed by atoms with Gasteiger partial charge >= 0.3 is 0 Å². The van der Waals surface area contributed by atoms with E-state index in [0.717, 1.165) is 22.9 Å². The van der Waals surface area contributed by atoms with Crippen LogP contribution in [0.25, 0.3) is 11.0 Å². The average molecular weight is 355 g/mol. The molecule has 0 saturated carbocycles. The van der Waals surface area contributed by atoms with Crippen LogP contribution in [0.1, 0.15) is 48.1 Å². The van der Waals surface area contributed by atoms with Crippen LogP contribution in [0.2, 0.25) is 0 Å². The summed E-state index contributed by atoms with van der Waals surface area (Å²) in [6, 6.07) is 10.3. The second-order valence-corrected chi connectivity index (χ2v) is 7.45. The zero-order valence-electron chi connectivity index (χ0n) is 15.3. The molecule has 3 aromatic rings. The molecule has 1 aromatic heterocycles. The molecule has 0 aliphatic rings. The van der Waals surface area contributed by atoms with Crippen LogP contribution < -0.4 is 5.48 Å². The molecule has 2 N–H and O–H groups in total. The van der Waals surface area contributed by atoms with Crippen molar-refractivity contribution in [3.8, 4) is 0 Å². The number of hydrogen-bond donors (Lipinski definition) is 2. The van der Waals surface area contributed by atoms with Gasteiger partial charge in [0.2, 0.25) is 0 Å². The summed E-state index contributed by atoms with van der Waals surface area (Å²) in [6.07, 6.45) is 0. The third-order valence-corrected chi connectivity index (χ3v) is 4.55. The number of benzene rings is 2. The fourth-order valence-electron chi connectivity index (χ4n) is 2.97. The number of fused-ring (bicyclic) bond motifs is 1. The number of imidazole rings is 1. The molecule has 0 aliphatic heterocycles. The molecule has 5 nitrogen and oxygen atoms in total. The van der Waals surface area contributed by atoms with Crippen LogP contribution in [0.15, 0.2) is 36.4 Å². The fourth-order valence-corrected chi connectivity index (χ4v) is 2.97. The molecule has 0 aliphatic carbocycles. The van der Waals surface area contributed by atoms with Gasteiger partial charge in [0.25, 0.3) is 5.91 Å². The minimum Gasteiger partial charge on any atom is -0.324 e. The molecule has 0 radical (unpaired) electrons. The average Bonchev–Trinajstić information content (AvgIpc) is 2.89. The van der Waals surface area contributed by atoms with E-state index in [0.29, 0.717) is 12.1 Å². The van der Waals surface area contributed by atoms with E-state index in [1.54, 1.807) is 6.07 Å². The van der Waals surface area contributed by atoms with Crippen molar-refractivity contribution in [1.29, 1.82) is 0 Å². The molecule has 136 valence electrons. The molecule has 0 atom stereocenters. The summed E-state index contributed by atoms with van der Waals surface area (Å²) in [7, 11) is 0. The Balaban J connectivity index is 1.99. The number of hydroxylamine groups is 1. The number of rotatable bonds is 3. The number of aryl methyl sites for hydroxylation is 1. The highest BCUT2D eigenvalue weighted by Gasteiger charge is 2.17. The second-order valence-electron chi connectivity index (χ2n) is 7.45. The highest BCUT2D eigenvalue weighted by molar-refractivity contribution is 5.93. The van der Waals surface area contributed by atoms with E-state index in [1.807, 2.05) is 17.6 Å². The van der Waals surface area contributed by atoms with E-state index in [2.05, 4.69) is 37.9 Å². The van der Waals surface area contributed by atoms with Crippen LogP contribution in [-0.2, 0) is 12.0 Å². The summed E-state index contributed by atoms with van der Waals surface area (Å²) in [5, 5.41) is 8.66. The Morgan fingerprint density at radius 3 is 2.58 bits per heavy atom. The molecule has 0 saturated heterocycles. The molecule has 6 heteroatoms. The Bertz CT molecular complexity index is 987. The highest BCUT2D eigenvalue weighted by atomic mass is 19.1. The number of carbonyl (C=O) groups is 1. The van der Waals surface area contributed by atoms with Crippen LogP contribution in [0.4, 0.5) is 4.39 Å². The van der Waals surface area contributed by atoms with E-state index in [1.165, 1.54) is 17.1 Å². The Morgan fingerprint density at radius 1 is 1.23 bits per heavy atom. The van der Waals surface area contributed by atoms with Crippen molar-refractivity contribution in [3.05, 3.63) is 64.7 Å². The molecule has 3 rings (SSSR count). The van der Waals surface area contributed by atoms with Gasteiger partial charge in [0, 0.05) is 11.1 Å². The molecular formula is C20H22FN3O2. The maximum Gasteiger partial charge on any atom is 0.274 e. The first-order chi connectivity index (χ1) is 12.2. The van der Waals surface area contributed by atoms with Crippen LogP contribution in [0.5, 0.6) is 0 Å². The molecule has 2 aromatic carbocycles. The Kier molecular flexibility index (Phi) is 4.54. The lowest BCUT2D eigenvalue weighted by atomic mass is 9.87. The molecule has 0 fully saturated rings. The fraction of sp³-hybridized carbons (Fsp3) is 0.300. The van der Waals surface area contributed by atoms with E-state index in [4.69, 9.17) is 5.21 Å². The van der Waals surface area contributed by atoms with Crippen LogP contribution in [0.3, 0.4) is 0 Å². The number of carbonyl (C=O) groups excluding carboxylic acids is 1. The van der Waals surface area contributed by atoms with Gasteiger partial charge in [-0.3, -0.25) is 10.0 Å². The zero-order valence-corrected chi connectivity index (χ0v) is 15.3. The van der Waals surface area contributed by atoms with Crippen molar-refractivity contribution in [2.24, 2.45) is 0 Å². The smallest absolute Gasteiger partial charge is 0.274 e. The topological polar surface area (TPSA) is 67.2 Å². The third kappa shape index (κ3) is 3.32. The Labute approximate surface area is 151 Å². The van der Waals surface area contributed by atoms with Crippen molar-refractivity contribution in [1.82, 2.24) is 15.0 Å². The molecule has 26 heavy (non-hydrogen) atoms. The zero-order chi connectivity index (χ0) is 19.1. The Hall–Kier alpha value is -2.73. The summed E-state index contributed by atoms with van der Waals surface area (Å²) >= 11 is 0. The highest BCUT2D eigenvalue weighted by Crippen LogP contribution is 2.27. The lowest BCUT2D eigenvalue weighted by Gasteiger charge is -2.18. The minimum atomic E-state index is -0.741. The number of nitrogens with zero attached hydrogens (tertiary/aromatic N) is 2.